The molecule has 1 aliphatic rings. The maximum Gasteiger partial charge on any atom is 0.255 e. The lowest BCUT2D eigenvalue weighted by Crippen LogP contribution is -2.45. The minimum atomic E-state index is -0.238. The van der Waals surface area contributed by atoms with E-state index in [2.05, 4.69) is 30.1 Å². The van der Waals surface area contributed by atoms with Crippen LogP contribution in [-0.2, 0) is 4.74 Å². The van der Waals surface area contributed by atoms with Gasteiger partial charge in [-0.1, -0.05) is 42.5 Å². The monoisotopic (exact) mass is 411 g/mol. The first-order valence-corrected chi connectivity index (χ1v) is 10.4. The van der Waals surface area contributed by atoms with Crippen molar-refractivity contribution >= 4 is 17.3 Å². The van der Waals surface area contributed by atoms with Gasteiger partial charge in [-0.05, 0) is 55.3 Å². The number of nitriles is 1. The Balaban J connectivity index is 1.58. The third kappa shape index (κ3) is 4.76. The number of rotatable bonds is 4. The van der Waals surface area contributed by atoms with Crippen molar-refractivity contribution in [2.24, 2.45) is 0 Å². The van der Waals surface area contributed by atoms with Gasteiger partial charge in [-0.15, -0.1) is 0 Å². The summed E-state index contributed by atoms with van der Waals surface area (Å²) in [7, 11) is 0. The second-order valence-electron chi connectivity index (χ2n) is 7.90. The molecule has 0 bridgehead atoms. The molecule has 3 aromatic carbocycles. The number of amides is 1. The van der Waals surface area contributed by atoms with E-state index in [-0.39, 0.29) is 18.1 Å². The molecule has 1 heterocycles. The molecule has 1 saturated heterocycles. The first-order chi connectivity index (χ1) is 15.0. The number of nitrogens with one attached hydrogen (secondary N) is 1. The molecule has 3 aromatic rings. The second kappa shape index (κ2) is 9.03. The van der Waals surface area contributed by atoms with Crippen LogP contribution in [0.5, 0.6) is 0 Å². The highest BCUT2D eigenvalue weighted by Crippen LogP contribution is 2.27. The lowest BCUT2D eigenvalue weighted by molar-refractivity contribution is -0.00521. The largest absolute Gasteiger partial charge is 0.372 e. The lowest BCUT2D eigenvalue weighted by atomic mass is 10.0. The predicted octanol–water partition coefficient (Wildman–Crippen LogP) is 5.09. The smallest absolute Gasteiger partial charge is 0.255 e. The maximum atomic E-state index is 13.0. The van der Waals surface area contributed by atoms with Gasteiger partial charge in [-0.2, -0.15) is 5.26 Å². The molecule has 0 radical (unpaired) electrons. The van der Waals surface area contributed by atoms with Crippen LogP contribution < -0.4 is 10.2 Å². The van der Waals surface area contributed by atoms with Crippen LogP contribution in [0.15, 0.2) is 72.8 Å². The summed E-state index contributed by atoms with van der Waals surface area (Å²) in [5.74, 6) is -0.238. The minimum Gasteiger partial charge on any atom is -0.372 e. The van der Waals surface area contributed by atoms with Crippen molar-refractivity contribution in [3.63, 3.8) is 0 Å². The lowest BCUT2D eigenvalue weighted by Gasteiger charge is -2.37. The van der Waals surface area contributed by atoms with Gasteiger partial charge < -0.3 is 15.0 Å². The summed E-state index contributed by atoms with van der Waals surface area (Å²) in [4.78, 5) is 15.3. The van der Waals surface area contributed by atoms with Crippen molar-refractivity contribution in [1.82, 2.24) is 0 Å². The van der Waals surface area contributed by atoms with Gasteiger partial charge in [0.2, 0.25) is 0 Å². The fourth-order valence-electron chi connectivity index (χ4n) is 3.98. The van der Waals surface area contributed by atoms with Gasteiger partial charge in [0, 0.05) is 24.3 Å². The summed E-state index contributed by atoms with van der Waals surface area (Å²) >= 11 is 0. The van der Waals surface area contributed by atoms with E-state index >= 15 is 0 Å². The molecule has 2 atom stereocenters. The van der Waals surface area contributed by atoms with Crippen LogP contribution in [-0.4, -0.2) is 31.2 Å². The summed E-state index contributed by atoms with van der Waals surface area (Å²) in [6, 6.07) is 25.1. The van der Waals surface area contributed by atoms with Crippen LogP contribution in [0.4, 0.5) is 11.4 Å². The molecule has 0 aliphatic carbocycles. The van der Waals surface area contributed by atoms with Gasteiger partial charge in [0.1, 0.15) is 6.07 Å². The zero-order valence-electron chi connectivity index (χ0n) is 17.7. The van der Waals surface area contributed by atoms with E-state index in [1.807, 2.05) is 60.7 Å². The molecular weight excluding hydrogens is 386 g/mol. The second-order valence-corrected chi connectivity index (χ2v) is 7.90. The Bertz CT molecular complexity index is 1110. The number of morpholine rings is 1. The Hall–Kier alpha value is -3.62. The third-order valence-corrected chi connectivity index (χ3v) is 5.39. The average molecular weight is 412 g/mol. The van der Waals surface area contributed by atoms with Crippen molar-refractivity contribution in [2.45, 2.75) is 26.1 Å². The van der Waals surface area contributed by atoms with E-state index in [1.54, 1.807) is 12.1 Å². The molecule has 0 saturated carbocycles. The fraction of sp³-hybridized carbons (Fsp3) is 0.231. The van der Waals surface area contributed by atoms with Crippen LogP contribution in [0.2, 0.25) is 0 Å². The summed E-state index contributed by atoms with van der Waals surface area (Å²) in [5.41, 5.74) is 4.46. The van der Waals surface area contributed by atoms with Gasteiger partial charge in [0.25, 0.3) is 5.91 Å². The van der Waals surface area contributed by atoms with E-state index < -0.39 is 0 Å². The average Bonchev–Trinajstić information content (AvgIpc) is 2.79. The summed E-state index contributed by atoms with van der Waals surface area (Å²) in [6.07, 6.45) is 0.278. The molecule has 1 fully saturated rings. The minimum absolute atomic E-state index is 0.139. The SMILES string of the molecule is C[C@@H]1CN(c2cccc(C(=O)Nc3cc(-c4ccccc4)ccc3C#N)c2)C[C@H](C)O1. The highest BCUT2D eigenvalue weighted by atomic mass is 16.5. The van der Waals surface area contributed by atoms with Crippen LogP contribution in [0.3, 0.4) is 0 Å². The molecular formula is C26H25N3O2. The summed E-state index contributed by atoms with van der Waals surface area (Å²) in [6.45, 7) is 5.69. The van der Waals surface area contributed by atoms with Gasteiger partial charge in [-0.3, -0.25) is 4.79 Å². The van der Waals surface area contributed by atoms with E-state index in [0.717, 1.165) is 29.9 Å². The molecule has 1 aliphatic heterocycles. The molecule has 5 heteroatoms. The Morgan fingerprint density at radius 2 is 1.71 bits per heavy atom. The standard InChI is InChI=1S/C26H25N3O2/c1-18-16-29(17-19(2)31-18)24-10-6-9-22(13-24)26(30)28-25-14-21(11-12-23(25)15-27)20-7-4-3-5-8-20/h3-14,18-19H,16-17H2,1-2H3,(H,28,30)/t18-,19+. The van der Waals surface area contributed by atoms with Crippen molar-refractivity contribution in [1.29, 1.82) is 5.26 Å². The topological polar surface area (TPSA) is 65.4 Å². The maximum absolute atomic E-state index is 13.0. The Morgan fingerprint density at radius 3 is 2.42 bits per heavy atom. The predicted molar refractivity (Wildman–Crippen MR) is 123 cm³/mol. The van der Waals surface area contributed by atoms with Gasteiger partial charge >= 0.3 is 0 Å². The van der Waals surface area contributed by atoms with Crippen molar-refractivity contribution in [3.05, 3.63) is 83.9 Å². The number of carbonyl (C=O) groups is 1. The van der Waals surface area contributed by atoms with Gasteiger partial charge in [0.05, 0.1) is 23.5 Å². The zero-order valence-corrected chi connectivity index (χ0v) is 17.7. The van der Waals surface area contributed by atoms with E-state index in [0.29, 0.717) is 16.8 Å². The number of hydrogen-bond donors (Lipinski definition) is 1. The van der Waals surface area contributed by atoms with Gasteiger partial charge in [0.15, 0.2) is 0 Å². The number of anilines is 2. The molecule has 5 nitrogen and oxygen atoms in total. The van der Waals surface area contributed by atoms with E-state index in [1.165, 1.54) is 0 Å². The first kappa shape index (κ1) is 20.6. The molecule has 31 heavy (non-hydrogen) atoms. The molecule has 1 amide bonds. The molecule has 4 rings (SSSR count). The third-order valence-electron chi connectivity index (χ3n) is 5.39. The van der Waals surface area contributed by atoms with E-state index in [9.17, 15) is 10.1 Å². The highest BCUT2D eigenvalue weighted by molar-refractivity contribution is 6.05. The van der Waals surface area contributed by atoms with Crippen LogP contribution in [0.1, 0.15) is 29.8 Å². The summed E-state index contributed by atoms with van der Waals surface area (Å²) < 4.78 is 5.82. The van der Waals surface area contributed by atoms with Crippen molar-refractivity contribution in [2.75, 3.05) is 23.3 Å². The van der Waals surface area contributed by atoms with Crippen LogP contribution in [0.25, 0.3) is 11.1 Å². The summed E-state index contributed by atoms with van der Waals surface area (Å²) in [5, 5.41) is 12.4. The number of ether oxygens (including phenoxy) is 1. The number of hydrogen-bond acceptors (Lipinski definition) is 4. The Labute approximate surface area is 182 Å². The zero-order chi connectivity index (χ0) is 21.8. The molecule has 1 N–H and O–H groups in total. The highest BCUT2D eigenvalue weighted by Gasteiger charge is 2.23. The molecule has 0 spiro atoms. The van der Waals surface area contributed by atoms with Crippen LogP contribution in [0, 0.1) is 11.3 Å². The van der Waals surface area contributed by atoms with Crippen molar-refractivity contribution in [3.8, 4) is 17.2 Å². The Kier molecular flexibility index (Phi) is 6.01. The first-order valence-electron chi connectivity index (χ1n) is 10.4. The van der Waals surface area contributed by atoms with Crippen LogP contribution >= 0.6 is 0 Å². The van der Waals surface area contributed by atoms with Gasteiger partial charge in [-0.25, -0.2) is 0 Å². The number of carbonyl (C=O) groups excluding carboxylic acids is 1. The quantitative estimate of drug-likeness (QED) is 0.649. The number of benzene rings is 3. The number of nitrogens with zero attached hydrogens (tertiary/aromatic N) is 2. The van der Waals surface area contributed by atoms with E-state index in [4.69, 9.17) is 4.74 Å². The molecule has 0 aromatic heterocycles. The molecule has 0 unspecified atom stereocenters. The fourth-order valence-corrected chi connectivity index (χ4v) is 3.98. The van der Waals surface area contributed by atoms with Crippen molar-refractivity contribution < 1.29 is 9.53 Å². The molecule has 156 valence electrons. The Morgan fingerprint density at radius 1 is 0.968 bits per heavy atom. The normalized spacial score (nSPS) is 18.3.